The van der Waals surface area contributed by atoms with E-state index in [1.807, 2.05) is 0 Å². The number of alkyl halides is 3. The van der Waals surface area contributed by atoms with Gasteiger partial charge >= 0.3 is 6.18 Å². The molecule has 134 valence electrons. The molecule has 2 aliphatic heterocycles. The minimum Gasteiger partial charge on any atom is -0.372 e. The minimum atomic E-state index is -4.19. The van der Waals surface area contributed by atoms with Gasteiger partial charge in [0.15, 0.2) is 5.69 Å². The van der Waals surface area contributed by atoms with Crippen molar-refractivity contribution in [1.82, 2.24) is 4.90 Å². The predicted molar refractivity (Wildman–Crippen MR) is 88.8 cm³/mol. The maximum Gasteiger partial charge on any atom is 0.391 e. The topological polar surface area (TPSA) is 27.9 Å². The molecule has 3 rings (SSSR count). The zero-order valence-corrected chi connectivity index (χ0v) is 13.9. The van der Waals surface area contributed by atoms with Gasteiger partial charge in [-0.05, 0) is 31.7 Å². The van der Waals surface area contributed by atoms with Gasteiger partial charge in [-0.3, -0.25) is 4.79 Å². The fraction of sp³-hybridized carbons (Fsp3) is 0.556. The average Bonchev–Trinajstić information content (AvgIpc) is 3.14. The monoisotopic (exact) mass is 351 g/mol. The highest BCUT2D eigenvalue weighted by atomic mass is 19.4. The second-order valence-electron chi connectivity index (χ2n) is 6.62. The molecule has 1 aromatic rings. The molecule has 0 bridgehead atoms. The van der Waals surface area contributed by atoms with Crippen LogP contribution in [0.5, 0.6) is 0 Å². The van der Waals surface area contributed by atoms with Crippen LogP contribution < -0.4 is 4.90 Å². The first kappa shape index (κ1) is 17.6. The molecule has 0 atom stereocenters. The van der Waals surface area contributed by atoms with Crippen LogP contribution in [0.25, 0.3) is 4.85 Å². The number of likely N-dealkylation sites (tertiary alicyclic amines) is 1. The number of nitrogens with zero attached hydrogens (tertiary/aromatic N) is 3. The van der Waals surface area contributed by atoms with Gasteiger partial charge in [0.2, 0.25) is 0 Å². The lowest BCUT2D eigenvalue weighted by Crippen LogP contribution is -2.42. The van der Waals surface area contributed by atoms with Gasteiger partial charge in [0.1, 0.15) is 0 Å². The van der Waals surface area contributed by atoms with Crippen LogP contribution in [0.15, 0.2) is 18.2 Å². The van der Waals surface area contributed by atoms with Crippen molar-refractivity contribution in [1.29, 1.82) is 0 Å². The molecule has 25 heavy (non-hydrogen) atoms. The van der Waals surface area contributed by atoms with Gasteiger partial charge in [0, 0.05) is 31.9 Å². The van der Waals surface area contributed by atoms with Gasteiger partial charge in [0.05, 0.1) is 18.1 Å². The SMILES string of the molecule is [C-]#[N+]c1ccc(C(=O)N2CCC(C(F)(F)F)CC2)c(N2CCCC2)c1. The van der Waals surface area contributed by atoms with Crippen LogP contribution in [0.3, 0.4) is 0 Å². The van der Waals surface area contributed by atoms with E-state index >= 15 is 0 Å². The molecule has 2 saturated heterocycles. The molecule has 0 radical (unpaired) electrons. The van der Waals surface area contributed by atoms with E-state index in [-0.39, 0.29) is 31.8 Å². The standard InChI is InChI=1S/C18H20F3N3O/c1-22-14-4-5-15(16(12-14)23-8-2-3-9-23)17(25)24-10-6-13(7-11-24)18(19,20)21/h4-5,12-13H,2-3,6-11H2. The number of benzene rings is 1. The molecule has 2 fully saturated rings. The highest BCUT2D eigenvalue weighted by molar-refractivity contribution is 6.00. The van der Waals surface area contributed by atoms with Crippen molar-refractivity contribution >= 4 is 17.3 Å². The van der Waals surface area contributed by atoms with Crippen LogP contribution in [0.1, 0.15) is 36.0 Å². The maximum absolute atomic E-state index is 12.9. The molecular weight excluding hydrogens is 331 g/mol. The summed E-state index contributed by atoms with van der Waals surface area (Å²) in [7, 11) is 0. The Morgan fingerprint density at radius 1 is 1.12 bits per heavy atom. The number of carbonyl (C=O) groups excluding carboxylic acids is 1. The lowest BCUT2D eigenvalue weighted by molar-refractivity contribution is -0.183. The largest absolute Gasteiger partial charge is 0.391 e. The van der Waals surface area contributed by atoms with Crippen molar-refractivity contribution in [2.24, 2.45) is 5.92 Å². The first-order valence-electron chi connectivity index (χ1n) is 8.52. The highest BCUT2D eigenvalue weighted by Gasteiger charge is 2.42. The Labute approximate surface area is 145 Å². The number of piperidine rings is 1. The van der Waals surface area contributed by atoms with E-state index in [0.29, 0.717) is 11.3 Å². The van der Waals surface area contributed by atoms with E-state index in [1.165, 1.54) is 4.90 Å². The van der Waals surface area contributed by atoms with Crippen LogP contribution in [-0.4, -0.2) is 43.2 Å². The number of amides is 1. The number of hydrogen-bond donors (Lipinski definition) is 0. The Morgan fingerprint density at radius 2 is 1.76 bits per heavy atom. The molecule has 1 amide bonds. The summed E-state index contributed by atoms with van der Waals surface area (Å²) >= 11 is 0. The highest BCUT2D eigenvalue weighted by Crippen LogP contribution is 2.35. The number of carbonyl (C=O) groups is 1. The van der Waals surface area contributed by atoms with E-state index in [2.05, 4.69) is 9.74 Å². The van der Waals surface area contributed by atoms with E-state index in [0.717, 1.165) is 31.6 Å². The van der Waals surface area contributed by atoms with Crippen molar-refractivity contribution in [3.8, 4) is 0 Å². The third-order valence-electron chi connectivity index (χ3n) is 5.03. The molecule has 0 saturated carbocycles. The van der Waals surface area contributed by atoms with Gasteiger partial charge in [-0.15, -0.1) is 0 Å². The predicted octanol–water partition coefficient (Wildman–Crippen LogP) is 4.25. The molecule has 1 aromatic carbocycles. The van der Waals surface area contributed by atoms with E-state index < -0.39 is 12.1 Å². The zero-order chi connectivity index (χ0) is 18.0. The first-order valence-corrected chi connectivity index (χ1v) is 8.52. The van der Waals surface area contributed by atoms with Crippen LogP contribution in [0.4, 0.5) is 24.5 Å². The van der Waals surface area contributed by atoms with Gasteiger partial charge in [-0.25, -0.2) is 4.85 Å². The molecule has 0 unspecified atom stereocenters. The Balaban J connectivity index is 1.79. The summed E-state index contributed by atoms with van der Waals surface area (Å²) in [5.41, 5.74) is 1.68. The molecule has 7 heteroatoms. The lowest BCUT2D eigenvalue weighted by atomic mass is 9.95. The second kappa shape index (κ2) is 6.95. The molecule has 0 N–H and O–H groups in total. The quantitative estimate of drug-likeness (QED) is 0.745. The summed E-state index contributed by atoms with van der Waals surface area (Å²) in [6, 6.07) is 4.95. The van der Waals surface area contributed by atoms with Gasteiger partial charge in [-0.2, -0.15) is 13.2 Å². The molecule has 0 aliphatic carbocycles. The van der Waals surface area contributed by atoms with E-state index in [9.17, 15) is 18.0 Å². The van der Waals surface area contributed by atoms with Crippen molar-refractivity contribution in [3.05, 3.63) is 35.2 Å². The zero-order valence-electron chi connectivity index (χ0n) is 13.9. The molecule has 4 nitrogen and oxygen atoms in total. The van der Waals surface area contributed by atoms with E-state index in [1.54, 1.807) is 18.2 Å². The second-order valence-corrected chi connectivity index (χ2v) is 6.62. The summed E-state index contributed by atoms with van der Waals surface area (Å²) < 4.78 is 38.4. The maximum atomic E-state index is 12.9. The summed E-state index contributed by atoms with van der Waals surface area (Å²) in [6.45, 7) is 9.07. The number of anilines is 1. The first-order chi connectivity index (χ1) is 11.9. The number of hydrogen-bond acceptors (Lipinski definition) is 2. The van der Waals surface area contributed by atoms with Crippen molar-refractivity contribution in [2.45, 2.75) is 31.9 Å². The Hall–Kier alpha value is -2.23. The fourth-order valence-corrected chi connectivity index (χ4v) is 3.57. The molecule has 0 spiro atoms. The minimum absolute atomic E-state index is 0.0472. The molecular formula is C18H20F3N3O. The summed E-state index contributed by atoms with van der Waals surface area (Å²) in [4.78, 5) is 19.9. The van der Waals surface area contributed by atoms with Crippen molar-refractivity contribution in [2.75, 3.05) is 31.1 Å². The van der Waals surface area contributed by atoms with Crippen LogP contribution in [-0.2, 0) is 0 Å². The number of rotatable bonds is 2. The third kappa shape index (κ3) is 3.73. The van der Waals surface area contributed by atoms with Gasteiger partial charge in [0.25, 0.3) is 5.91 Å². The van der Waals surface area contributed by atoms with Gasteiger partial charge in [-0.1, -0.05) is 12.1 Å². The van der Waals surface area contributed by atoms with Crippen molar-refractivity contribution in [3.63, 3.8) is 0 Å². The average molecular weight is 351 g/mol. The molecule has 2 aliphatic rings. The Morgan fingerprint density at radius 3 is 2.32 bits per heavy atom. The fourth-order valence-electron chi connectivity index (χ4n) is 3.57. The third-order valence-corrected chi connectivity index (χ3v) is 5.03. The number of halogens is 3. The normalized spacial score (nSPS) is 19.1. The van der Waals surface area contributed by atoms with Crippen molar-refractivity contribution < 1.29 is 18.0 Å². The Bertz CT molecular complexity index is 682. The molecule has 0 aromatic heterocycles. The van der Waals surface area contributed by atoms with Crippen LogP contribution in [0, 0.1) is 12.5 Å². The van der Waals surface area contributed by atoms with E-state index in [4.69, 9.17) is 6.57 Å². The van der Waals surface area contributed by atoms with Crippen LogP contribution >= 0.6 is 0 Å². The lowest BCUT2D eigenvalue weighted by Gasteiger charge is -2.34. The smallest absolute Gasteiger partial charge is 0.372 e. The summed E-state index contributed by atoms with van der Waals surface area (Å²) in [5, 5.41) is 0. The summed E-state index contributed by atoms with van der Waals surface area (Å²) in [6.07, 6.45) is -2.21. The summed E-state index contributed by atoms with van der Waals surface area (Å²) in [5.74, 6) is -1.56. The Kier molecular flexibility index (Phi) is 4.89. The molecule has 2 heterocycles. The van der Waals surface area contributed by atoms with Crippen LogP contribution in [0.2, 0.25) is 0 Å². The van der Waals surface area contributed by atoms with Gasteiger partial charge < -0.3 is 9.80 Å².